The van der Waals surface area contributed by atoms with E-state index >= 15 is 0 Å². The van der Waals surface area contributed by atoms with Gasteiger partial charge in [0.15, 0.2) is 5.96 Å². The van der Waals surface area contributed by atoms with Crippen LogP contribution in [0, 0.1) is 0 Å². The van der Waals surface area contributed by atoms with Crippen molar-refractivity contribution in [2.45, 2.75) is 32.1 Å². The van der Waals surface area contributed by atoms with E-state index in [0.29, 0.717) is 13.0 Å². The Morgan fingerprint density at radius 3 is 2.81 bits per heavy atom. The molecule has 0 bridgehead atoms. The van der Waals surface area contributed by atoms with Gasteiger partial charge < -0.3 is 20.0 Å². The molecule has 0 atom stereocenters. The van der Waals surface area contributed by atoms with Gasteiger partial charge in [0.1, 0.15) is 5.76 Å². The fraction of sp³-hybridized carbons (Fsp3) is 0.500. The van der Waals surface area contributed by atoms with Gasteiger partial charge in [0, 0.05) is 50.4 Å². The Kier molecular flexibility index (Phi) is 7.77. The maximum absolute atomic E-state index is 11.7. The molecule has 1 saturated heterocycles. The van der Waals surface area contributed by atoms with Crippen LogP contribution < -0.4 is 10.6 Å². The highest BCUT2D eigenvalue weighted by Crippen LogP contribution is 2.10. The fourth-order valence-electron chi connectivity index (χ4n) is 3.09. The van der Waals surface area contributed by atoms with E-state index in [1.807, 2.05) is 17.0 Å². The van der Waals surface area contributed by atoms with Gasteiger partial charge in [-0.1, -0.05) is 6.07 Å². The van der Waals surface area contributed by atoms with E-state index in [2.05, 4.69) is 33.1 Å². The van der Waals surface area contributed by atoms with Gasteiger partial charge in [-0.25, -0.2) is 0 Å². The Morgan fingerprint density at radius 1 is 1.22 bits per heavy atom. The number of nitrogens with one attached hydrogen (secondary N) is 2. The van der Waals surface area contributed by atoms with Crippen LogP contribution in [0.25, 0.3) is 0 Å². The normalized spacial score (nSPS) is 14.7. The van der Waals surface area contributed by atoms with Crippen molar-refractivity contribution in [2.75, 3.05) is 32.7 Å². The monoisotopic (exact) mass is 388 g/mol. The third-order valence-corrected chi connectivity index (χ3v) is 5.45. The Morgan fingerprint density at radius 2 is 2.11 bits per heavy atom. The highest BCUT2D eigenvalue weighted by molar-refractivity contribution is 7.09. The zero-order chi connectivity index (χ0) is 18.7. The number of hydrogen-bond donors (Lipinski definition) is 2. The third kappa shape index (κ3) is 6.75. The van der Waals surface area contributed by atoms with Crippen molar-refractivity contribution < 1.29 is 9.21 Å². The molecule has 7 heteroatoms. The first kappa shape index (κ1) is 19.5. The van der Waals surface area contributed by atoms with Crippen LogP contribution in [0.1, 0.15) is 29.9 Å². The van der Waals surface area contributed by atoms with Crippen molar-refractivity contribution in [3.63, 3.8) is 0 Å². The van der Waals surface area contributed by atoms with Gasteiger partial charge in [-0.05, 0) is 42.8 Å². The summed E-state index contributed by atoms with van der Waals surface area (Å²) in [5.74, 6) is 2.07. The molecule has 2 aromatic heterocycles. The van der Waals surface area contributed by atoms with Crippen molar-refractivity contribution >= 4 is 23.2 Å². The van der Waals surface area contributed by atoms with Crippen molar-refractivity contribution in [1.29, 1.82) is 0 Å². The van der Waals surface area contributed by atoms with Gasteiger partial charge >= 0.3 is 0 Å². The molecule has 0 unspecified atom stereocenters. The number of thiophene rings is 1. The molecule has 1 aliphatic rings. The molecule has 1 fully saturated rings. The first-order valence-corrected chi connectivity index (χ1v) is 10.5. The minimum absolute atomic E-state index is 0.282. The molecule has 3 heterocycles. The van der Waals surface area contributed by atoms with E-state index in [0.717, 1.165) is 63.6 Å². The van der Waals surface area contributed by atoms with E-state index in [1.165, 1.54) is 4.88 Å². The smallest absolute Gasteiger partial charge is 0.222 e. The highest BCUT2D eigenvalue weighted by atomic mass is 32.1. The number of likely N-dealkylation sites (tertiary alicyclic amines) is 1. The molecule has 3 rings (SSSR count). The number of guanidine groups is 1. The molecule has 1 amide bonds. The van der Waals surface area contributed by atoms with Crippen LogP contribution in [-0.2, 0) is 17.6 Å². The summed E-state index contributed by atoms with van der Waals surface area (Å²) >= 11 is 1.78. The molecule has 0 aromatic carbocycles. The van der Waals surface area contributed by atoms with Crippen LogP contribution in [0.5, 0.6) is 0 Å². The highest BCUT2D eigenvalue weighted by Gasteiger charge is 2.18. The molecule has 0 saturated carbocycles. The number of aliphatic imine (C=N–C) groups is 1. The number of amides is 1. The number of furan rings is 1. The topological polar surface area (TPSA) is 69.9 Å². The van der Waals surface area contributed by atoms with Crippen molar-refractivity contribution in [1.82, 2.24) is 15.5 Å². The maximum Gasteiger partial charge on any atom is 0.222 e. The second-order valence-electron chi connectivity index (χ2n) is 6.58. The minimum Gasteiger partial charge on any atom is -0.469 e. The molecular weight excluding hydrogens is 360 g/mol. The van der Waals surface area contributed by atoms with Crippen molar-refractivity contribution in [3.05, 3.63) is 46.5 Å². The maximum atomic E-state index is 11.7. The quantitative estimate of drug-likeness (QED) is 0.373. The van der Waals surface area contributed by atoms with Crippen LogP contribution in [0.4, 0.5) is 0 Å². The number of nitrogens with zero attached hydrogens (tertiary/aromatic N) is 2. The molecule has 0 spiro atoms. The van der Waals surface area contributed by atoms with Gasteiger partial charge in [0.25, 0.3) is 0 Å². The lowest BCUT2D eigenvalue weighted by Crippen LogP contribution is -2.39. The van der Waals surface area contributed by atoms with Gasteiger partial charge in [0.05, 0.1) is 6.26 Å². The second-order valence-corrected chi connectivity index (χ2v) is 7.61. The zero-order valence-corrected chi connectivity index (χ0v) is 16.5. The summed E-state index contributed by atoms with van der Waals surface area (Å²) in [6, 6.07) is 8.12. The summed E-state index contributed by atoms with van der Waals surface area (Å²) < 4.78 is 5.37. The molecule has 1 aliphatic heterocycles. The lowest BCUT2D eigenvalue weighted by molar-refractivity contribution is -0.127. The number of carbonyl (C=O) groups is 1. The van der Waals surface area contributed by atoms with Crippen LogP contribution in [-0.4, -0.2) is 49.5 Å². The van der Waals surface area contributed by atoms with Crippen molar-refractivity contribution in [3.8, 4) is 0 Å². The summed E-state index contributed by atoms with van der Waals surface area (Å²) in [5, 5.41) is 8.89. The molecule has 6 nitrogen and oxygen atoms in total. The predicted octanol–water partition coefficient (Wildman–Crippen LogP) is 2.67. The largest absolute Gasteiger partial charge is 0.469 e. The first-order valence-electron chi connectivity index (χ1n) is 9.66. The summed E-state index contributed by atoms with van der Waals surface area (Å²) in [6.45, 7) is 4.02. The van der Waals surface area contributed by atoms with Gasteiger partial charge in [0.2, 0.25) is 5.91 Å². The molecule has 2 N–H and O–H groups in total. The summed E-state index contributed by atoms with van der Waals surface area (Å²) in [5.41, 5.74) is 0. The van der Waals surface area contributed by atoms with Gasteiger partial charge in [-0.2, -0.15) is 0 Å². The Bertz CT molecular complexity index is 655. The average Bonchev–Trinajstić information content (AvgIpc) is 3.42. The number of carbonyl (C=O) groups excluding carboxylic acids is 1. The van der Waals surface area contributed by atoms with E-state index < -0.39 is 0 Å². The van der Waals surface area contributed by atoms with Crippen LogP contribution in [0.2, 0.25) is 0 Å². The molecule has 0 radical (unpaired) electrons. The summed E-state index contributed by atoms with van der Waals surface area (Å²) in [7, 11) is 0. The number of hydrogen-bond acceptors (Lipinski definition) is 4. The molecule has 146 valence electrons. The average molecular weight is 389 g/mol. The molecule has 27 heavy (non-hydrogen) atoms. The van der Waals surface area contributed by atoms with Crippen LogP contribution >= 0.6 is 11.3 Å². The van der Waals surface area contributed by atoms with Crippen LogP contribution in [0.15, 0.2) is 45.3 Å². The van der Waals surface area contributed by atoms with E-state index in [1.54, 1.807) is 17.6 Å². The Hall–Kier alpha value is -2.28. The standard InChI is InChI=1S/C20H28N4O2S/c25-19-7-1-13-24(19)14-4-10-21-20(22-11-8-17-5-2-15-26-17)23-12-9-18-6-3-16-27-18/h2-3,5-6,15-16H,1,4,7-14H2,(H2,21,22,23). The first-order chi connectivity index (χ1) is 13.3. The Balaban J connectivity index is 1.42. The fourth-order valence-corrected chi connectivity index (χ4v) is 3.79. The minimum atomic E-state index is 0.282. The summed E-state index contributed by atoms with van der Waals surface area (Å²) in [6.07, 6.45) is 6.09. The van der Waals surface area contributed by atoms with Crippen molar-refractivity contribution in [2.24, 2.45) is 4.99 Å². The van der Waals surface area contributed by atoms with E-state index in [9.17, 15) is 4.79 Å². The lowest BCUT2D eigenvalue weighted by atomic mass is 10.3. The van der Waals surface area contributed by atoms with Gasteiger partial charge in [-0.15, -0.1) is 11.3 Å². The Labute approximate surface area is 164 Å². The lowest BCUT2D eigenvalue weighted by Gasteiger charge is -2.15. The SMILES string of the molecule is O=C1CCCN1CCCN=C(NCCc1ccco1)NCCc1cccs1. The second kappa shape index (κ2) is 10.8. The number of rotatable bonds is 10. The zero-order valence-electron chi connectivity index (χ0n) is 15.7. The van der Waals surface area contributed by atoms with E-state index in [-0.39, 0.29) is 5.91 Å². The predicted molar refractivity (Wildman–Crippen MR) is 109 cm³/mol. The molecule has 0 aliphatic carbocycles. The third-order valence-electron chi connectivity index (χ3n) is 4.52. The van der Waals surface area contributed by atoms with Gasteiger partial charge in [-0.3, -0.25) is 9.79 Å². The molecular formula is C20H28N4O2S. The van der Waals surface area contributed by atoms with E-state index in [4.69, 9.17) is 4.42 Å². The summed E-state index contributed by atoms with van der Waals surface area (Å²) in [4.78, 5) is 19.7. The van der Waals surface area contributed by atoms with Crippen LogP contribution in [0.3, 0.4) is 0 Å². The molecule has 2 aromatic rings.